The highest BCUT2D eigenvalue weighted by Crippen LogP contribution is 2.33. The van der Waals surface area contributed by atoms with Gasteiger partial charge in [0.1, 0.15) is 0 Å². The van der Waals surface area contributed by atoms with Crippen molar-refractivity contribution in [3.63, 3.8) is 0 Å². The quantitative estimate of drug-likeness (QED) is 0.868. The molecule has 0 unspecified atom stereocenters. The maximum Gasteiger partial charge on any atom is 0.232 e. The zero-order valence-corrected chi connectivity index (χ0v) is 14.4. The number of nitrogens with zero attached hydrogens (tertiary/aromatic N) is 1. The van der Waals surface area contributed by atoms with E-state index in [1.54, 1.807) is 0 Å². The number of carbonyl (C=O) groups is 1. The number of nitrogens with one attached hydrogen (secondary N) is 1. The summed E-state index contributed by atoms with van der Waals surface area (Å²) in [5.41, 5.74) is 2.86. The van der Waals surface area contributed by atoms with Gasteiger partial charge in [-0.25, -0.2) is 8.42 Å². The molecular formula is C17H24N2O3S. The summed E-state index contributed by atoms with van der Waals surface area (Å²) in [6.07, 6.45) is 4.38. The summed E-state index contributed by atoms with van der Waals surface area (Å²) in [6, 6.07) is 5.68. The molecule has 1 aliphatic carbocycles. The van der Waals surface area contributed by atoms with Crippen LogP contribution >= 0.6 is 0 Å². The highest BCUT2D eigenvalue weighted by molar-refractivity contribution is 7.92. The van der Waals surface area contributed by atoms with Gasteiger partial charge < -0.3 is 4.90 Å². The molecule has 1 N–H and O–H groups in total. The lowest BCUT2D eigenvalue weighted by atomic mass is 9.99. The molecule has 0 aromatic heterocycles. The van der Waals surface area contributed by atoms with Crippen molar-refractivity contribution in [3.8, 4) is 0 Å². The summed E-state index contributed by atoms with van der Waals surface area (Å²) >= 11 is 0. The Kier molecular flexibility index (Phi) is 4.62. The lowest BCUT2D eigenvalue weighted by Gasteiger charge is -2.29. The van der Waals surface area contributed by atoms with Crippen LogP contribution in [0.25, 0.3) is 0 Å². The van der Waals surface area contributed by atoms with Crippen LogP contribution in [0.15, 0.2) is 18.2 Å². The van der Waals surface area contributed by atoms with Crippen molar-refractivity contribution >= 4 is 21.6 Å². The highest BCUT2D eigenvalue weighted by Gasteiger charge is 2.34. The molecule has 1 fully saturated rings. The fraction of sp³-hybridized carbons (Fsp3) is 0.588. The number of carbonyl (C=O) groups excluding carboxylic acids is 1. The second-order valence-electron chi connectivity index (χ2n) is 6.54. The van der Waals surface area contributed by atoms with E-state index in [0.29, 0.717) is 18.7 Å². The van der Waals surface area contributed by atoms with E-state index in [2.05, 4.69) is 4.72 Å². The van der Waals surface area contributed by atoms with Crippen LogP contribution in [0.1, 0.15) is 43.7 Å². The summed E-state index contributed by atoms with van der Waals surface area (Å²) < 4.78 is 26.7. The Morgan fingerprint density at radius 2 is 2.09 bits per heavy atom. The standard InChI is InChI=1S/C17H24N2O3S/c1-2-3-10-23(21,22)18-16-7-6-13-8-9-19(12-15(13)11-16)17(20)14-4-5-14/h6-7,11,14,18H,2-5,8-10,12H2,1H3. The van der Waals surface area contributed by atoms with Gasteiger partial charge in [0.15, 0.2) is 0 Å². The van der Waals surface area contributed by atoms with Gasteiger partial charge in [0, 0.05) is 24.7 Å². The van der Waals surface area contributed by atoms with Gasteiger partial charge in [-0.3, -0.25) is 9.52 Å². The van der Waals surface area contributed by atoms with E-state index in [4.69, 9.17) is 0 Å². The van der Waals surface area contributed by atoms with Crippen molar-refractivity contribution in [1.29, 1.82) is 0 Å². The molecule has 6 heteroatoms. The van der Waals surface area contributed by atoms with Crippen LogP contribution in [0.4, 0.5) is 5.69 Å². The number of unbranched alkanes of at least 4 members (excludes halogenated alkanes) is 1. The molecule has 2 aliphatic rings. The number of fused-ring (bicyclic) bond motifs is 1. The van der Waals surface area contributed by atoms with Crippen molar-refractivity contribution in [3.05, 3.63) is 29.3 Å². The van der Waals surface area contributed by atoms with E-state index < -0.39 is 10.0 Å². The van der Waals surface area contributed by atoms with Crippen molar-refractivity contribution < 1.29 is 13.2 Å². The maximum atomic E-state index is 12.2. The zero-order chi connectivity index (χ0) is 16.4. The van der Waals surface area contributed by atoms with Crippen LogP contribution in [0, 0.1) is 5.92 Å². The van der Waals surface area contributed by atoms with Crippen LogP contribution in [-0.4, -0.2) is 31.5 Å². The molecule has 0 spiro atoms. The van der Waals surface area contributed by atoms with Crippen molar-refractivity contribution in [1.82, 2.24) is 4.90 Å². The Hall–Kier alpha value is -1.56. The number of hydrogen-bond acceptors (Lipinski definition) is 3. The minimum absolute atomic E-state index is 0.146. The second-order valence-corrected chi connectivity index (χ2v) is 8.38. The van der Waals surface area contributed by atoms with Gasteiger partial charge in [0.05, 0.1) is 5.75 Å². The number of hydrogen-bond donors (Lipinski definition) is 1. The third kappa shape index (κ3) is 4.05. The summed E-state index contributed by atoms with van der Waals surface area (Å²) in [4.78, 5) is 14.1. The van der Waals surface area contributed by atoms with Crippen molar-refractivity contribution in [2.24, 2.45) is 5.92 Å². The molecule has 5 nitrogen and oxygen atoms in total. The number of amides is 1. The first kappa shape index (κ1) is 16.3. The molecule has 0 atom stereocenters. The topological polar surface area (TPSA) is 66.5 Å². The SMILES string of the molecule is CCCCS(=O)(=O)Nc1ccc2c(c1)CN(C(=O)C1CC1)CC2. The average Bonchev–Trinajstić information content (AvgIpc) is 3.36. The molecule has 3 rings (SSSR count). The fourth-order valence-electron chi connectivity index (χ4n) is 2.96. The lowest BCUT2D eigenvalue weighted by Crippen LogP contribution is -2.36. The molecule has 1 saturated carbocycles. The summed E-state index contributed by atoms with van der Waals surface area (Å²) in [7, 11) is -3.29. The predicted octanol–water partition coefficient (Wildman–Crippen LogP) is 2.52. The number of benzene rings is 1. The Balaban J connectivity index is 1.71. The largest absolute Gasteiger partial charge is 0.338 e. The van der Waals surface area contributed by atoms with Gasteiger partial charge >= 0.3 is 0 Å². The van der Waals surface area contributed by atoms with Crippen LogP contribution in [0.3, 0.4) is 0 Å². The van der Waals surface area contributed by atoms with E-state index in [1.807, 2.05) is 30.0 Å². The van der Waals surface area contributed by atoms with E-state index in [1.165, 1.54) is 5.56 Å². The van der Waals surface area contributed by atoms with Crippen molar-refractivity contribution in [2.45, 2.75) is 45.6 Å². The predicted molar refractivity (Wildman–Crippen MR) is 90.6 cm³/mol. The van der Waals surface area contributed by atoms with E-state index in [-0.39, 0.29) is 17.6 Å². The fourth-order valence-corrected chi connectivity index (χ4v) is 4.22. The third-order valence-corrected chi connectivity index (χ3v) is 5.87. The summed E-state index contributed by atoms with van der Waals surface area (Å²) in [5.74, 6) is 0.629. The first-order valence-electron chi connectivity index (χ1n) is 8.39. The minimum atomic E-state index is -3.29. The minimum Gasteiger partial charge on any atom is -0.338 e. The van der Waals surface area contributed by atoms with Crippen LogP contribution in [0.2, 0.25) is 0 Å². The molecule has 126 valence electrons. The highest BCUT2D eigenvalue weighted by atomic mass is 32.2. The second kappa shape index (κ2) is 6.51. The third-order valence-electron chi connectivity index (χ3n) is 4.50. The average molecular weight is 336 g/mol. The van der Waals surface area contributed by atoms with Crippen LogP contribution < -0.4 is 4.72 Å². The van der Waals surface area contributed by atoms with Gasteiger partial charge in [-0.2, -0.15) is 0 Å². The Bertz CT molecular complexity index is 696. The smallest absolute Gasteiger partial charge is 0.232 e. The molecule has 0 radical (unpaired) electrons. The van der Waals surface area contributed by atoms with Gasteiger partial charge in [-0.1, -0.05) is 19.4 Å². The summed E-state index contributed by atoms with van der Waals surface area (Å²) in [5, 5.41) is 0. The van der Waals surface area contributed by atoms with Crippen LogP contribution in [0.5, 0.6) is 0 Å². The van der Waals surface area contributed by atoms with Gasteiger partial charge in [-0.05, 0) is 48.9 Å². The van der Waals surface area contributed by atoms with E-state index in [0.717, 1.165) is 37.8 Å². The Morgan fingerprint density at radius 3 is 2.78 bits per heavy atom. The molecule has 1 aliphatic heterocycles. The van der Waals surface area contributed by atoms with E-state index >= 15 is 0 Å². The normalized spacial score (nSPS) is 17.7. The Labute approximate surface area is 138 Å². The maximum absolute atomic E-state index is 12.2. The molecule has 0 saturated heterocycles. The monoisotopic (exact) mass is 336 g/mol. The molecule has 1 aromatic carbocycles. The molecule has 1 aromatic rings. The zero-order valence-electron chi connectivity index (χ0n) is 13.5. The first-order chi connectivity index (χ1) is 11.0. The Morgan fingerprint density at radius 1 is 1.30 bits per heavy atom. The summed E-state index contributed by atoms with van der Waals surface area (Å²) in [6.45, 7) is 3.33. The lowest BCUT2D eigenvalue weighted by molar-refractivity contribution is -0.133. The van der Waals surface area contributed by atoms with E-state index in [9.17, 15) is 13.2 Å². The molecule has 0 bridgehead atoms. The van der Waals surface area contributed by atoms with Gasteiger partial charge in [-0.15, -0.1) is 0 Å². The molecule has 1 heterocycles. The van der Waals surface area contributed by atoms with Gasteiger partial charge in [0.25, 0.3) is 0 Å². The number of anilines is 1. The molecule has 1 amide bonds. The van der Waals surface area contributed by atoms with Gasteiger partial charge in [0.2, 0.25) is 15.9 Å². The van der Waals surface area contributed by atoms with Crippen LogP contribution in [-0.2, 0) is 27.8 Å². The first-order valence-corrected chi connectivity index (χ1v) is 10.0. The number of sulfonamides is 1. The molecule has 23 heavy (non-hydrogen) atoms. The van der Waals surface area contributed by atoms with Crippen molar-refractivity contribution in [2.75, 3.05) is 17.0 Å². The number of rotatable bonds is 6. The molecular weight excluding hydrogens is 312 g/mol.